The van der Waals surface area contributed by atoms with Crippen molar-refractivity contribution in [2.24, 2.45) is 5.10 Å². The number of esters is 1. The van der Waals surface area contributed by atoms with Crippen LogP contribution in [0.5, 0.6) is 11.5 Å². The number of methoxy groups -OCH3 is 1. The second kappa shape index (κ2) is 10.8. The summed E-state index contributed by atoms with van der Waals surface area (Å²) >= 11 is 1.27. The molecular formula is C22H18FN3O5S. The van der Waals surface area contributed by atoms with E-state index >= 15 is 0 Å². The molecular weight excluding hydrogens is 437 g/mol. The lowest BCUT2D eigenvalue weighted by Gasteiger charge is -2.09. The molecule has 0 aliphatic rings. The summed E-state index contributed by atoms with van der Waals surface area (Å²) in [7, 11) is 1.43. The molecule has 0 saturated heterocycles. The molecule has 0 aliphatic carbocycles. The van der Waals surface area contributed by atoms with Gasteiger partial charge in [-0.05, 0) is 59.5 Å². The minimum absolute atomic E-state index is 0.231. The molecule has 164 valence electrons. The van der Waals surface area contributed by atoms with E-state index < -0.39 is 23.6 Å². The third-order valence-corrected chi connectivity index (χ3v) is 4.88. The summed E-state index contributed by atoms with van der Waals surface area (Å²) in [5, 5.41) is 8.00. The lowest BCUT2D eigenvalue weighted by Crippen LogP contribution is -2.34. The fraction of sp³-hybridized carbons (Fsp3) is 0.0909. The Bertz CT molecular complexity index is 1130. The molecule has 2 N–H and O–H groups in total. The first kappa shape index (κ1) is 22.6. The topological polar surface area (TPSA) is 106 Å². The van der Waals surface area contributed by atoms with Gasteiger partial charge in [-0.25, -0.2) is 14.6 Å². The van der Waals surface area contributed by atoms with Gasteiger partial charge in [-0.15, -0.1) is 11.3 Å². The number of hydrazone groups is 1. The summed E-state index contributed by atoms with van der Waals surface area (Å²) in [6.07, 6.45) is 1.37. The van der Waals surface area contributed by atoms with E-state index in [9.17, 15) is 18.8 Å². The Hall–Kier alpha value is -4.05. The van der Waals surface area contributed by atoms with Crippen LogP contribution in [0.4, 0.5) is 4.39 Å². The van der Waals surface area contributed by atoms with Crippen LogP contribution in [0.15, 0.2) is 65.1 Å². The molecule has 2 amide bonds. The SMILES string of the molecule is COc1cc(/C=N\NC(=O)CNC(=O)c2ccc(F)cc2)ccc1OC(=O)c1cccs1. The summed E-state index contributed by atoms with van der Waals surface area (Å²) in [5.41, 5.74) is 3.09. The number of amides is 2. The first-order chi connectivity index (χ1) is 15.5. The van der Waals surface area contributed by atoms with Crippen molar-refractivity contribution in [3.63, 3.8) is 0 Å². The quantitative estimate of drug-likeness (QED) is 0.235. The van der Waals surface area contributed by atoms with E-state index in [0.717, 1.165) is 12.1 Å². The van der Waals surface area contributed by atoms with Gasteiger partial charge in [0.2, 0.25) is 0 Å². The van der Waals surface area contributed by atoms with Gasteiger partial charge in [0.1, 0.15) is 10.7 Å². The van der Waals surface area contributed by atoms with Crippen molar-refractivity contribution in [3.8, 4) is 11.5 Å². The number of carbonyl (C=O) groups excluding carboxylic acids is 3. The number of nitrogens with zero attached hydrogens (tertiary/aromatic N) is 1. The summed E-state index contributed by atoms with van der Waals surface area (Å²) < 4.78 is 23.5. The van der Waals surface area contributed by atoms with Gasteiger partial charge in [-0.1, -0.05) is 6.07 Å². The maximum atomic E-state index is 12.9. The largest absolute Gasteiger partial charge is 0.493 e. The lowest BCUT2D eigenvalue weighted by atomic mass is 10.2. The maximum absolute atomic E-state index is 12.9. The maximum Gasteiger partial charge on any atom is 0.353 e. The van der Waals surface area contributed by atoms with Crippen LogP contribution in [0.2, 0.25) is 0 Å². The summed E-state index contributed by atoms with van der Waals surface area (Å²) in [6.45, 7) is -0.311. The molecule has 32 heavy (non-hydrogen) atoms. The zero-order valence-electron chi connectivity index (χ0n) is 16.8. The molecule has 0 unspecified atom stereocenters. The van der Waals surface area contributed by atoms with Crippen molar-refractivity contribution in [3.05, 3.63) is 81.8 Å². The van der Waals surface area contributed by atoms with Crippen LogP contribution in [-0.4, -0.2) is 37.7 Å². The fourth-order valence-electron chi connectivity index (χ4n) is 2.48. The predicted molar refractivity (Wildman–Crippen MR) is 117 cm³/mol. The molecule has 10 heteroatoms. The predicted octanol–water partition coefficient (Wildman–Crippen LogP) is 3.00. The van der Waals surface area contributed by atoms with Gasteiger partial charge in [0.15, 0.2) is 11.5 Å². The van der Waals surface area contributed by atoms with E-state index in [1.54, 1.807) is 35.7 Å². The monoisotopic (exact) mass is 455 g/mol. The normalized spacial score (nSPS) is 10.6. The third-order valence-electron chi connectivity index (χ3n) is 4.03. The molecule has 0 saturated carbocycles. The molecule has 0 atom stereocenters. The lowest BCUT2D eigenvalue weighted by molar-refractivity contribution is -0.120. The minimum atomic E-state index is -0.551. The molecule has 8 nitrogen and oxygen atoms in total. The Morgan fingerprint density at radius 2 is 1.88 bits per heavy atom. The van der Waals surface area contributed by atoms with Gasteiger partial charge in [-0.3, -0.25) is 9.59 Å². The molecule has 0 spiro atoms. The van der Waals surface area contributed by atoms with Crippen molar-refractivity contribution in [2.75, 3.05) is 13.7 Å². The molecule has 3 aromatic rings. The molecule has 1 aromatic heterocycles. The van der Waals surface area contributed by atoms with Crippen LogP contribution in [0.25, 0.3) is 0 Å². The molecule has 1 heterocycles. The summed E-state index contributed by atoms with van der Waals surface area (Å²) in [6, 6.07) is 13.1. The zero-order valence-corrected chi connectivity index (χ0v) is 17.6. The molecule has 2 aromatic carbocycles. The standard InChI is InChI=1S/C22H18FN3O5S/c1-30-18-11-14(4-9-17(18)31-22(29)19-3-2-10-32-19)12-25-26-20(27)13-24-21(28)15-5-7-16(23)8-6-15/h2-12H,13H2,1H3,(H,24,28)(H,26,27)/b25-12-. The highest BCUT2D eigenvalue weighted by Crippen LogP contribution is 2.28. The number of halogens is 1. The summed E-state index contributed by atoms with van der Waals surface area (Å²) in [4.78, 5) is 36.3. The highest BCUT2D eigenvalue weighted by Gasteiger charge is 2.13. The molecule has 0 aliphatic heterocycles. The first-order valence-electron chi connectivity index (χ1n) is 9.25. The van der Waals surface area contributed by atoms with E-state index in [2.05, 4.69) is 15.8 Å². The highest BCUT2D eigenvalue weighted by atomic mass is 32.1. The van der Waals surface area contributed by atoms with Gasteiger partial charge in [0.25, 0.3) is 11.8 Å². The number of carbonyl (C=O) groups is 3. The second-order valence-electron chi connectivity index (χ2n) is 6.26. The Labute approximate surface area is 186 Å². The van der Waals surface area contributed by atoms with Gasteiger partial charge in [-0.2, -0.15) is 5.10 Å². The zero-order chi connectivity index (χ0) is 22.9. The first-order valence-corrected chi connectivity index (χ1v) is 10.1. The number of rotatable bonds is 8. The van der Waals surface area contributed by atoms with Crippen LogP contribution in [0.1, 0.15) is 25.6 Å². The van der Waals surface area contributed by atoms with Gasteiger partial charge < -0.3 is 14.8 Å². The Balaban J connectivity index is 1.52. The Morgan fingerprint density at radius 1 is 1.09 bits per heavy atom. The third kappa shape index (κ3) is 6.22. The number of nitrogens with one attached hydrogen (secondary N) is 2. The van der Waals surface area contributed by atoms with Crippen LogP contribution in [0, 0.1) is 5.82 Å². The number of benzene rings is 2. The Kier molecular flexibility index (Phi) is 7.65. The fourth-order valence-corrected chi connectivity index (χ4v) is 3.07. The molecule has 0 radical (unpaired) electrons. The van der Waals surface area contributed by atoms with E-state index in [1.807, 2.05) is 0 Å². The van der Waals surface area contributed by atoms with Crippen molar-refractivity contribution < 1.29 is 28.2 Å². The average molecular weight is 455 g/mol. The van der Waals surface area contributed by atoms with E-state index in [1.165, 1.54) is 36.8 Å². The number of ether oxygens (including phenoxy) is 2. The average Bonchev–Trinajstić information content (AvgIpc) is 3.34. The van der Waals surface area contributed by atoms with E-state index in [-0.39, 0.29) is 17.9 Å². The number of hydrogen-bond acceptors (Lipinski definition) is 7. The molecule has 3 rings (SSSR count). The summed E-state index contributed by atoms with van der Waals surface area (Å²) in [5.74, 6) is -1.45. The smallest absolute Gasteiger partial charge is 0.353 e. The van der Waals surface area contributed by atoms with Crippen molar-refractivity contribution >= 4 is 35.3 Å². The number of thiophene rings is 1. The molecule has 0 bridgehead atoms. The number of hydrogen-bond donors (Lipinski definition) is 2. The Morgan fingerprint density at radius 3 is 2.56 bits per heavy atom. The second-order valence-corrected chi connectivity index (χ2v) is 7.21. The minimum Gasteiger partial charge on any atom is -0.493 e. The van der Waals surface area contributed by atoms with Crippen molar-refractivity contribution in [2.45, 2.75) is 0 Å². The van der Waals surface area contributed by atoms with Gasteiger partial charge >= 0.3 is 5.97 Å². The van der Waals surface area contributed by atoms with Crippen molar-refractivity contribution in [1.82, 2.24) is 10.7 Å². The van der Waals surface area contributed by atoms with Crippen LogP contribution < -0.4 is 20.2 Å². The van der Waals surface area contributed by atoms with Gasteiger partial charge in [0.05, 0.1) is 19.9 Å². The van der Waals surface area contributed by atoms with E-state index in [0.29, 0.717) is 16.2 Å². The highest BCUT2D eigenvalue weighted by molar-refractivity contribution is 7.12. The van der Waals surface area contributed by atoms with Gasteiger partial charge in [0, 0.05) is 5.56 Å². The van der Waals surface area contributed by atoms with Crippen LogP contribution in [-0.2, 0) is 4.79 Å². The van der Waals surface area contributed by atoms with Crippen molar-refractivity contribution in [1.29, 1.82) is 0 Å². The van der Waals surface area contributed by atoms with Crippen LogP contribution in [0.3, 0.4) is 0 Å². The molecule has 0 fully saturated rings. The van der Waals surface area contributed by atoms with E-state index in [4.69, 9.17) is 9.47 Å². The van der Waals surface area contributed by atoms with Crippen LogP contribution >= 0.6 is 11.3 Å².